The molecule has 0 spiro atoms. The zero-order valence-corrected chi connectivity index (χ0v) is 17.4. The second kappa shape index (κ2) is 8.95. The van der Waals surface area contributed by atoms with E-state index in [1.165, 1.54) is 12.1 Å². The maximum atomic E-state index is 12.7. The van der Waals surface area contributed by atoms with E-state index in [9.17, 15) is 14.4 Å². The first-order chi connectivity index (χ1) is 15.4. The van der Waals surface area contributed by atoms with Crippen molar-refractivity contribution in [3.8, 4) is 5.75 Å². The van der Waals surface area contributed by atoms with Crippen LogP contribution in [0, 0.1) is 0 Å². The van der Waals surface area contributed by atoms with E-state index in [4.69, 9.17) is 21.4 Å². The van der Waals surface area contributed by atoms with Gasteiger partial charge in [-0.1, -0.05) is 35.9 Å². The number of imide groups is 1. The molecule has 0 unspecified atom stereocenters. The fourth-order valence-electron chi connectivity index (χ4n) is 3.10. The Balaban J connectivity index is 1.41. The molecule has 3 amide bonds. The summed E-state index contributed by atoms with van der Waals surface area (Å²) in [6.45, 7) is 0.283. The number of hydrogen-bond donors (Lipinski definition) is 2. The molecule has 4 rings (SSSR count). The lowest BCUT2D eigenvalue weighted by Crippen LogP contribution is -2.30. The minimum atomic E-state index is -0.976. The van der Waals surface area contributed by atoms with E-state index in [-0.39, 0.29) is 17.9 Å². The van der Waals surface area contributed by atoms with Gasteiger partial charge in [0, 0.05) is 5.02 Å². The highest BCUT2D eigenvalue weighted by Gasteiger charge is 2.34. The lowest BCUT2D eigenvalue weighted by molar-refractivity contribution is -0.113. The number of nitrogens with zero attached hydrogens (tertiary/aromatic N) is 1. The molecule has 32 heavy (non-hydrogen) atoms. The quantitative estimate of drug-likeness (QED) is 0.420. The summed E-state index contributed by atoms with van der Waals surface area (Å²) >= 11 is 5.87. The molecule has 0 radical (unpaired) electrons. The van der Waals surface area contributed by atoms with Crippen molar-refractivity contribution >= 4 is 41.3 Å². The molecule has 0 saturated carbocycles. The Hall–Kier alpha value is -4.10. The third-order valence-corrected chi connectivity index (χ3v) is 5.01. The summed E-state index contributed by atoms with van der Waals surface area (Å²) in [6.07, 6.45) is 1.59. The summed E-state index contributed by atoms with van der Waals surface area (Å²) < 4.78 is 5.72. The number of ether oxygens (including phenoxy) is 1. The van der Waals surface area contributed by atoms with Gasteiger partial charge in [-0.15, -0.1) is 0 Å². The number of carboxylic acid groups (broad SMARTS) is 1. The maximum Gasteiger partial charge on any atom is 0.335 e. The van der Waals surface area contributed by atoms with E-state index < -0.39 is 17.9 Å². The van der Waals surface area contributed by atoms with Gasteiger partial charge >= 0.3 is 12.0 Å². The number of nitrogens with one attached hydrogen (secondary N) is 1. The van der Waals surface area contributed by atoms with Gasteiger partial charge < -0.3 is 15.2 Å². The van der Waals surface area contributed by atoms with Gasteiger partial charge in [0.1, 0.15) is 18.1 Å². The number of carboxylic acids is 1. The minimum Gasteiger partial charge on any atom is -0.489 e. The number of urea groups is 1. The first-order valence-electron chi connectivity index (χ1n) is 9.58. The molecule has 0 atom stereocenters. The predicted octanol–water partition coefficient (Wildman–Crippen LogP) is 4.71. The number of aromatic carboxylic acids is 1. The number of benzene rings is 3. The van der Waals surface area contributed by atoms with Gasteiger partial charge in [0.15, 0.2) is 0 Å². The van der Waals surface area contributed by atoms with Crippen LogP contribution in [0.5, 0.6) is 5.75 Å². The van der Waals surface area contributed by atoms with E-state index in [1.807, 2.05) is 0 Å². The Kier molecular flexibility index (Phi) is 5.91. The van der Waals surface area contributed by atoms with E-state index in [2.05, 4.69) is 5.32 Å². The van der Waals surface area contributed by atoms with Gasteiger partial charge in [-0.3, -0.25) is 4.79 Å². The molecule has 8 heteroatoms. The number of carbonyl (C=O) groups is 3. The molecule has 3 aromatic rings. The standard InChI is InChI=1S/C24H17ClN2O5/c25-18-7-9-19(10-8-18)27-22(28)21(26-24(27)31)13-15-3-11-20(12-4-15)32-14-16-1-5-17(6-2-16)23(29)30/h1-13H,14H2,(H,26,31)(H,29,30)/b21-13+. The van der Waals surface area contributed by atoms with Crippen molar-refractivity contribution in [2.45, 2.75) is 6.61 Å². The van der Waals surface area contributed by atoms with Crippen molar-refractivity contribution in [2.75, 3.05) is 4.90 Å². The molecule has 1 fully saturated rings. The number of rotatable bonds is 6. The van der Waals surface area contributed by atoms with Crippen molar-refractivity contribution in [1.82, 2.24) is 5.32 Å². The van der Waals surface area contributed by atoms with E-state index in [0.717, 1.165) is 10.5 Å². The average molecular weight is 449 g/mol. The molecule has 7 nitrogen and oxygen atoms in total. The number of hydrogen-bond acceptors (Lipinski definition) is 4. The molecule has 0 aromatic heterocycles. The van der Waals surface area contributed by atoms with Crippen LogP contribution in [0.2, 0.25) is 5.02 Å². The Morgan fingerprint density at radius 3 is 2.25 bits per heavy atom. The van der Waals surface area contributed by atoms with Gasteiger partial charge in [0.25, 0.3) is 5.91 Å². The average Bonchev–Trinajstić information content (AvgIpc) is 3.07. The fraction of sp³-hybridized carbons (Fsp3) is 0.0417. The van der Waals surface area contributed by atoms with Crippen molar-refractivity contribution < 1.29 is 24.2 Å². The van der Waals surface area contributed by atoms with Crippen molar-refractivity contribution in [3.05, 3.63) is 100 Å². The lowest BCUT2D eigenvalue weighted by Gasteiger charge is -2.11. The van der Waals surface area contributed by atoms with Crippen LogP contribution >= 0.6 is 11.6 Å². The molecule has 1 heterocycles. The Morgan fingerprint density at radius 2 is 1.62 bits per heavy atom. The van der Waals surface area contributed by atoms with Crippen LogP contribution < -0.4 is 15.0 Å². The number of amides is 3. The first-order valence-corrected chi connectivity index (χ1v) is 9.96. The zero-order chi connectivity index (χ0) is 22.7. The van der Waals surface area contributed by atoms with E-state index >= 15 is 0 Å². The topological polar surface area (TPSA) is 95.9 Å². The van der Waals surface area contributed by atoms with Crippen LogP contribution in [0.3, 0.4) is 0 Å². The third-order valence-electron chi connectivity index (χ3n) is 4.76. The van der Waals surface area contributed by atoms with Crippen LogP contribution in [0.25, 0.3) is 6.08 Å². The summed E-state index contributed by atoms with van der Waals surface area (Å²) in [6, 6.07) is 19.4. The first kappa shape index (κ1) is 21.1. The molecule has 1 aliphatic heterocycles. The highest BCUT2D eigenvalue weighted by Crippen LogP contribution is 2.24. The van der Waals surface area contributed by atoms with Gasteiger partial charge in [-0.2, -0.15) is 0 Å². The molecule has 160 valence electrons. The van der Waals surface area contributed by atoms with Gasteiger partial charge in [0.05, 0.1) is 11.3 Å². The molecule has 1 aliphatic rings. The summed E-state index contributed by atoms with van der Waals surface area (Å²) in [7, 11) is 0. The molecule has 2 N–H and O–H groups in total. The molecular formula is C24H17ClN2O5. The summed E-state index contributed by atoms with van der Waals surface area (Å²) in [5.74, 6) is -0.822. The maximum absolute atomic E-state index is 12.7. The molecule has 0 bridgehead atoms. The van der Waals surface area contributed by atoms with Gasteiger partial charge in [-0.05, 0) is 65.7 Å². The lowest BCUT2D eigenvalue weighted by atomic mass is 10.1. The van der Waals surface area contributed by atoms with Crippen LogP contribution in [-0.2, 0) is 11.4 Å². The van der Waals surface area contributed by atoms with Crippen LogP contribution in [-0.4, -0.2) is 23.0 Å². The zero-order valence-electron chi connectivity index (χ0n) is 16.6. The number of halogens is 1. The fourth-order valence-corrected chi connectivity index (χ4v) is 3.22. The van der Waals surface area contributed by atoms with Gasteiger partial charge in [0.2, 0.25) is 0 Å². The number of carbonyl (C=O) groups excluding carboxylic acids is 2. The number of anilines is 1. The van der Waals surface area contributed by atoms with Crippen molar-refractivity contribution in [2.24, 2.45) is 0 Å². The minimum absolute atomic E-state index is 0.164. The van der Waals surface area contributed by atoms with Crippen LogP contribution in [0.1, 0.15) is 21.5 Å². The Bertz CT molecular complexity index is 1200. The van der Waals surface area contributed by atoms with Crippen molar-refractivity contribution in [1.29, 1.82) is 0 Å². The second-order valence-electron chi connectivity index (χ2n) is 6.96. The Morgan fingerprint density at radius 1 is 0.969 bits per heavy atom. The highest BCUT2D eigenvalue weighted by atomic mass is 35.5. The smallest absolute Gasteiger partial charge is 0.335 e. The largest absolute Gasteiger partial charge is 0.489 e. The molecular weight excluding hydrogens is 432 g/mol. The SMILES string of the molecule is O=C(O)c1ccc(COc2ccc(/C=C3/NC(=O)N(c4ccc(Cl)cc4)C3=O)cc2)cc1. The molecule has 3 aromatic carbocycles. The van der Waals surface area contributed by atoms with Crippen LogP contribution in [0.4, 0.5) is 10.5 Å². The third kappa shape index (κ3) is 4.63. The van der Waals surface area contributed by atoms with Crippen molar-refractivity contribution in [3.63, 3.8) is 0 Å². The summed E-state index contributed by atoms with van der Waals surface area (Å²) in [5.41, 5.74) is 2.36. The van der Waals surface area contributed by atoms with E-state index in [0.29, 0.717) is 22.0 Å². The van der Waals surface area contributed by atoms with Crippen LogP contribution in [0.15, 0.2) is 78.5 Å². The highest BCUT2D eigenvalue weighted by molar-refractivity contribution is 6.31. The van der Waals surface area contributed by atoms with Gasteiger partial charge in [-0.25, -0.2) is 14.5 Å². The Labute approximate surface area is 188 Å². The summed E-state index contributed by atoms with van der Waals surface area (Å²) in [5, 5.41) is 12.0. The molecule has 0 aliphatic carbocycles. The normalized spacial score (nSPS) is 14.5. The summed E-state index contributed by atoms with van der Waals surface area (Å²) in [4.78, 5) is 36.9. The monoisotopic (exact) mass is 448 g/mol. The van der Waals surface area contributed by atoms with E-state index in [1.54, 1.807) is 66.7 Å². The predicted molar refractivity (Wildman–Crippen MR) is 120 cm³/mol. The molecule has 1 saturated heterocycles. The second-order valence-corrected chi connectivity index (χ2v) is 7.40.